The van der Waals surface area contributed by atoms with Crippen molar-refractivity contribution in [3.63, 3.8) is 0 Å². The first kappa shape index (κ1) is 23.3. The van der Waals surface area contributed by atoms with Crippen LogP contribution in [0.5, 0.6) is 0 Å². The van der Waals surface area contributed by atoms with Crippen LogP contribution in [0.1, 0.15) is 23.2 Å². The molecule has 0 aliphatic rings. The number of carbonyl (C=O) groups is 1. The van der Waals surface area contributed by atoms with Gasteiger partial charge in [0.25, 0.3) is 0 Å². The Labute approximate surface area is 178 Å². The molecular formula is C21H17F6N3O2. The van der Waals surface area contributed by atoms with E-state index in [2.05, 4.69) is 10.1 Å². The average Bonchev–Trinajstić information content (AvgIpc) is 3.20. The van der Waals surface area contributed by atoms with E-state index < -0.39 is 23.8 Å². The maximum absolute atomic E-state index is 13.0. The van der Waals surface area contributed by atoms with E-state index in [0.29, 0.717) is 21.7 Å². The van der Waals surface area contributed by atoms with Gasteiger partial charge in [-0.25, -0.2) is 0 Å². The Morgan fingerprint density at radius 2 is 1.72 bits per heavy atom. The predicted octanol–water partition coefficient (Wildman–Crippen LogP) is 5.28. The van der Waals surface area contributed by atoms with Crippen molar-refractivity contribution in [2.45, 2.75) is 31.7 Å². The van der Waals surface area contributed by atoms with Crippen LogP contribution < -0.4 is 0 Å². The van der Waals surface area contributed by atoms with Crippen molar-refractivity contribution in [2.24, 2.45) is 0 Å². The van der Waals surface area contributed by atoms with Gasteiger partial charge < -0.3 is 9.42 Å². The number of hydrogen-bond acceptors (Lipinski definition) is 4. The highest BCUT2D eigenvalue weighted by Gasteiger charge is 2.42. The Balaban J connectivity index is 1.69. The van der Waals surface area contributed by atoms with Crippen molar-refractivity contribution in [3.05, 3.63) is 71.7 Å². The number of benzene rings is 1. The summed E-state index contributed by atoms with van der Waals surface area (Å²) in [5.74, 6) is -1.76. The number of nitrogens with zero attached hydrogens (tertiary/aromatic N) is 3. The van der Waals surface area contributed by atoms with Crippen LogP contribution in [0.3, 0.4) is 0 Å². The molecule has 2 aromatic heterocycles. The quantitative estimate of drug-likeness (QED) is 0.453. The predicted molar refractivity (Wildman–Crippen MR) is 101 cm³/mol. The summed E-state index contributed by atoms with van der Waals surface area (Å²) >= 11 is 0. The van der Waals surface area contributed by atoms with Crippen LogP contribution in [0, 0.1) is 0 Å². The lowest BCUT2D eigenvalue weighted by molar-refractivity contribution is -0.186. The highest BCUT2D eigenvalue weighted by molar-refractivity contribution is 5.81. The molecule has 11 heteroatoms. The number of aromatic nitrogens is 2. The molecule has 0 aliphatic carbocycles. The van der Waals surface area contributed by atoms with Gasteiger partial charge in [-0.2, -0.15) is 26.3 Å². The summed E-state index contributed by atoms with van der Waals surface area (Å²) in [6.07, 6.45) is -6.41. The topological polar surface area (TPSA) is 59.2 Å². The summed E-state index contributed by atoms with van der Waals surface area (Å²) in [6, 6.07) is 8.98. The number of carbonyl (C=O) groups excluding carboxylic acids is 1. The lowest BCUT2D eigenvalue weighted by Gasteiger charge is -2.23. The average molecular weight is 457 g/mol. The number of pyridine rings is 1. The van der Waals surface area contributed by atoms with Crippen LogP contribution in [-0.4, -0.2) is 33.7 Å². The first-order chi connectivity index (χ1) is 15.1. The zero-order valence-corrected chi connectivity index (χ0v) is 16.5. The summed E-state index contributed by atoms with van der Waals surface area (Å²) < 4.78 is 82.3. The Morgan fingerprint density at radius 3 is 2.31 bits per heavy atom. The van der Waals surface area contributed by atoms with Crippen molar-refractivity contribution in [1.82, 2.24) is 15.0 Å². The van der Waals surface area contributed by atoms with E-state index in [-0.39, 0.29) is 31.7 Å². The molecule has 0 spiro atoms. The summed E-state index contributed by atoms with van der Waals surface area (Å²) in [5, 5.41) is 3.64. The molecule has 0 radical (unpaired) electrons. The van der Waals surface area contributed by atoms with Gasteiger partial charge in [0.1, 0.15) is 0 Å². The maximum Gasteiger partial charge on any atom is 0.471 e. The van der Waals surface area contributed by atoms with Crippen LogP contribution in [-0.2, 0) is 23.9 Å². The normalized spacial score (nSPS) is 12.1. The molecule has 0 saturated heterocycles. The minimum absolute atomic E-state index is 0.142. The minimum atomic E-state index is -5.03. The van der Waals surface area contributed by atoms with Gasteiger partial charge in [0.2, 0.25) is 0 Å². The molecule has 3 aromatic rings. The van der Waals surface area contributed by atoms with Crippen molar-refractivity contribution in [2.75, 3.05) is 6.54 Å². The SMILES string of the molecule is O=C(N(CCCc1cnoc1-c1ccc(C(F)(F)F)cc1)Cc1ccccn1)C(F)(F)F. The summed E-state index contributed by atoms with van der Waals surface area (Å²) in [5.41, 5.74) is 0.336. The standard InChI is InChI=1S/C21H17F6N3O2/c22-20(23,24)16-8-6-14(7-9-16)18-15(12-29-32-18)4-3-11-30(19(31)21(25,26)27)13-17-5-1-2-10-28-17/h1-2,5-10,12H,3-4,11,13H2. The Kier molecular flexibility index (Phi) is 6.85. The third kappa shape index (κ3) is 5.86. The number of aryl methyl sites for hydroxylation is 1. The molecule has 0 fully saturated rings. The fourth-order valence-corrected chi connectivity index (χ4v) is 3.07. The van der Waals surface area contributed by atoms with Gasteiger partial charge in [0.05, 0.1) is 24.0 Å². The highest BCUT2D eigenvalue weighted by Crippen LogP contribution is 2.32. The van der Waals surface area contributed by atoms with E-state index in [1.807, 2.05) is 0 Å². The molecule has 5 nitrogen and oxygen atoms in total. The fraction of sp³-hybridized carbons (Fsp3) is 0.286. The van der Waals surface area contributed by atoms with Crippen LogP contribution in [0.25, 0.3) is 11.3 Å². The Bertz CT molecular complexity index is 1030. The van der Waals surface area contributed by atoms with Gasteiger partial charge in [0, 0.05) is 23.9 Å². The van der Waals surface area contributed by atoms with E-state index in [1.54, 1.807) is 12.1 Å². The van der Waals surface area contributed by atoms with Gasteiger partial charge in [-0.1, -0.05) is 23.4 Å². The summed E-state index contributed by atoms with van der Waals surface area (Å²) in [7, 11) is 0. The van der Waals surface area contributed by atoms with Gasteiger partial charge >= 0.3 is 18.3 Å². The minimum Gasteiger partial charge on any atom is -0.356 e. The number of hydrogen-bond donors (Lipinski definition) is 0. The van der Waals surface area contributed by atoms with E-state index in [0.717, 1.165) is 12.1 Å². The molecule has 0 unspecified atom stereocenters. The highest BCUT2D eigenvalue weighted by atomic mass is 19.4. The van der Waals surface area contributed by atoms with Crippen molar-refractivity contribution in [3.8, 4) is 11.3 Å². The van der Waals surface area contributed by atoms with Gasteiger partial charge in [-0.15, -0.1) is 0 Å². The summed E-state index contributed by atoms with van der Waals surface area (Å²) in [6.45, 7) is -0.527. The monoisotopic (exact) mass is 457 g/mol. The van der Waals surface area contributed by atoms with Crippen LogP contribution in [0.2, 0.25) is 0 Å². The van der Waals surface area contributed by atoms with E-state index >= 15 is 0 Å². The van der Waals surface area contributed by atoms with Crippen molar-refractivity contribution >= 4 is 5.91 Å². The van der Waals surface area contributed by atoms with Crippen LogP contribution >= 0.6 is 0 Å². The number of halogens is 6. The van der Waals surface area contributed by atoms with E-state index in [9.17, 15) is 31.1 Å². The van der Waals surface area contributed by atoms with Crippen molar-refractivity contribution < 1.29 is 35.7 Å². The zero-order chi connectivity index (χ0) is 23.4. The molecular weight excluding hydrogens is 440 g/mol. The molecule has 0 N–H and O–H groups in total. The first-order valence-electron chi connectivity index (χ1n) is 9.43. The van der Waals surface area contributed by atoms with Crippen LogP contribution in [0.15, 0.2) is 59.4 Å². The van der Waals surface area contributed by atoms with Crippen LogP contribution in [0.4, 0.5) is 26.3 Å². The molecule has 1 amide bonds. The Hall–Kier alpha value is -3.37. The molecule has 2 heterocycles. The largest absolute Gasteiger partial charge is 0.471 e. The number of alkyl halides is 6. The first-order valence-corrected chi connectivity index (χ1v) is 9.43. The molecule has 1 aromatic carbocycles. The van der Waals surface area contributed by atoms with E-state index in [4.69, 9.17) is 4.52 Å². The lowest BCUT2D eigenvalue weighted by Crippen LogP contribution is -2.41. The summed E-state index contributed by atoms with van der Waals surface area (Å²) in [4.78, 5) is 16.4. The van der Waals surface area contributed by atoms with Gasteiger partial charge in [-0.3, -0.25) is 9.78 Å². The second-order valence-corrected chi connectivity index (χ2v) is 6.90. The molecule has 0 atom stereocenters. The number of rotatable bonds is 7. The van der Waals surface area contributed by atoms with Crippen molar-refractivity contribution in [1.29, 1.82) is 0 Å². The lowest BCUT2D eigenvalue weighted by atomic mass is 10.0. The third-order valence-corrected chi connectivity index (χ3v) is 4.60. The fourth-order valence-electron chi connectivity index (χ4n) is 3.07. The maximum atomic E-state index is 13.0. The molecule has 170 valence electrons. The number of amides is 1. The third-order valence-electron chi connectivity index (χ3n) is 4.60. The molecule has 0 aliphatic heterocycles. The smallest absolute Gasteiger partial charge is 0.356 e. The molecule has 32 heavy (non-hydrogen) atoms. The van der Waals surface area contributed by atoms with Gasteiger partial charge in [0.15, 0.2) is 5.76 Å². The van der Waals surface area contributed by atoms with E-state index in [1.165, 1.54) is 30.6 Å². The molecule has 3 rings (SSSR count). The second-order valence-electron chi connectivity index (χ2n) is 6.90. The second kappa shape index (κ2) is 9.41. The molecule has 0 saturated carbocycles. The van der Waals surface area contributed by atoms with Gasteiger partial charge in [-0.05, 0) is 37.1 Å². The molecule has 0 bridgehead atoms. The Morgan fingerprint density at radius 1 is 1.00 bits per heavy atom. The zero-order valence-electron chi connectivity index (χ0n) is 16.5.